The van der Waals surface area contributed by atoms with E-state index in [1.54, 1.807) is 36.1 Å². The Bertz CT molecular complexity index is 988. The molecule has 8 nitrogen and oxygen atoms in total. The van der Waals surface area contributed by atoms with Gasteiger partial charge in [0.05, 0.1) is 4.92 Å². The Balaban J connectivity index is 1.84. The lowest BCUT2D eigenvalue weighted by Crippen LogP contribution is -2.34. The molecular formula is C18H16FN5O3. The number of anilines is 1. The molecule has 27 heavy (non-hydrogen) atoms. The first-order valence-corrected chi connectivity index (χ1v) is 7.98. The van der Waals surface area contributed by atoms with Crippen LogP contribution in [0.3, 0.4) is 0 Å². The maximum absolute atomic E-state index is 13.7. The summed E-state index contributed by atoms with van der Waals surface area (Å²) in [6.07, 6.45) is 3.28. The van der Waals surface area contributed by atoms with Crippen molar-refractivity contribution >= 4 is 17.4 Å². The second kappa shape index (κ2) is 7.65. The third-order valence-electron chi connectivity index (χ3n) is 3.89. The van der Waals surface area contributed by atoms with Crippen LogP contribution in [0.25, 0.3) is 0 Å². The number of nitro benzene ring substituents is 1. The van der Waals surface area contributed by atoms with Gasteiger partial charge >= 0.3 is 6.03 Å². The minimum Gasteiger partial charge on any atom is -0.336 e. The number of hydrogen-bond acceptors (Lipinski definition) is 4. The topological polar surface area (TPSA) is 102 Å². The molecule has 3 aromatic rings. The highest BCUT2D eigenvalue weighted by Gasteiger charge is 2.21. The lowest BCUT2D eigenvalue weighted by atomic mass is 10.1. The first-order chi connectivity index (χ1) is 12.9. The number of non-ortho nitro benzene ring substituents is 1. The van der Waals surface area contributed by atoms with Crippen LogP contribution in [0.1, 0.15) is 17.4 Å². The van der Waals surface area contributed by atoms with E-state index in [2.05, 4.69) is 15.6 Å². The van der Waals surface area contributed by atoms with E-state index in [0.717, 1.165) is 0 Å². The molecule has 1 atom stereocenters. The van der Waals surface area contributed by atoms with Crippen LogP contribution in [-0.4, -0.2) is 20.5 Å². The molecule has 0 saturated heterocycles. The Morgan fingerprint density at radius 3 is 2.70 bits per heavy atom. The van der Waals surface area contributed by atoms with Gasteiger partial charge in [0.1, 0.15) is 17.7 Å². The predicted molar refractivity (Wildman–Crippen MR) is 96.7 cm³/mol. The zero-order valence-corrected chi connectivity index (χ0v) is 14.3. The number of imidazole rings is 1. The van der Waals surface area contributed by atoms with Crippen molar-refractivity contribution in [3.63, 3.8) is 0 Å². The average molecular weight is 369 g/mol. The van der Waals surface area contributed by atoms with E-state index in [-0.39, 0.29) is 11.4 Å². The number of aryl methyl sites for hydroxylation is 1. The number of rotatable bonds is 5. The summed E-state index contributed by atoms with van der Waals surface area (Å²) in [7, 11) is 1.76. The van der Waals surface area contributed by atoms with Crippen molar-refractivity contribution < 1.29 is 14.1 Å². The van der Waals surface area contributed by atoms with Gasteiger partial charge in [0.2, 0.25) is 0 Å². The normalized spacial score (nSPS) is 11.6. The van der Waals surface area contributed by atoms with Gasteiger partial charge in [0.25, 0.3) is 5.69 Å². The summed E-state index contributed by atoms with van der Waals surface area (Å²) in [6, 6.07) is 10.1. The molecule has 1 aromatic heterocycles. The van der Waals surface area contributed by atoms with Crippen molar-refractivity contribution in [3.8, 4) is 0 Å². The summed E-state index contributed by atoms with van der Waals surface area (Å²) in [6.45, 7) is 0. The van der Waals surface area contributed by atoms with Crippen LogP contribution < -0.4 is 10.6 Å². The lowest BCUT2D eigenvalue weighted by Gasteiger charge is -2.19. The zero-order chi connectivity index (χ0) is 19.4. The number of amides is 2. The van der Waals surface area contributed by atoms with Gasteiger partial charge in [-0.1, -0.05) is 18.2 Å². The van der Waals surface area contributed by atoms with Gasteiger partial charge in [-0.15, -0.1) is 0 Å². The highest BCUT2D eigenvalue weighted by atomic mass is 19.1. The SMILES string of the molecule is Cn1ccnc1[C@@H](NC(=O)Nc1cccc([N+](=O)[O-])c1)c1cccc(F)c1. The molecule has 0 aliphatic carbocycles. The third-order valence-corrected chi connectivity index (χ3v) is 3.89. The summed E-state index contributed by atoms with van der Waals surface area (Å²) in [4.78, 5) is 27.0. The van der Waals surface area contributed by atoms with E-state index in [4.69, 9.17) is 0 Å². The van der Waals surface area contributed by atoms with Crippen molar-refractivity contribution in [2.75, 3.05) is 5.32 Å². The predicted octanol–water partition coefficient (Wildman–Crippen LogP) is 3.38. The highest BCUT2D eigenvalue weighted by Crippen LogP contribution is 2.22. The van der Waals surface area contributed by atoms with E-state index < -0.39 is 22.8 Å². The minimum absolute atomic E-state index is 0.140. The maximum atomic E-state index is 13.7. The summed E-state index contributed by atoms with van der Waals surface area (Å²) < 4.78 is 15.4. The summed E-state index contributed by atoms with van der Waals surface area (Å²) >= 11 is 0. The summed E-state index contributed by atoms with van der Waals surface area (Å²) in [5, 5.41) is 16.1. The molecule has 0 aliphatic rings. The zero-order valence-electron chi connectivity index (χ0n) is 14.3. The van der Waals surface area contributed by atoms with E-state index in [1.165, 1.54) is 36.4 Å². The monoisotopic (exact) mass is 369 g/mol. The number of nitrogens with zero attached hydrogens (tertiary/aromatic N) is 3. The number of aromatic nitrogens is 2. The Morgan fingerprint density at radius 2 is 2.04 bits per heavy atom. The molecule has 0 aliphatic heterocycles. The second-order valence-electron chi connectivity index (χ2n) is 5.79. The number of benzene rings is 2. The molecule has 0 fully saturated rings. The molecule has 2 aromatic carbocycles. The van der Waals surface area contributed by atoms with Crippen LogP contribution in [0, 0.1) is 15.9 Å². The number of nitro groups is 1. The molecule has 2 amide bonds. The van der Waals surface area contributed by atoms with Gasteiger partial charge in [0, 0.05) is 37.3 Å². The molecule has 0 radical (unpaired) electrons. The highest BCUT2D eigenvalue weighted by molar-refractivity contribution is 5.90. The molecular weight excluding hydrogens is 353 g/mol. The van der Waals surface area contributed by atoms with Gasteiger partial charge < -0.3 is 15.2 Å². The van der Waals surface area contributed by atoms with Crippen molar-refractivity contribution in [2.45, 2.75) is 6.04 Å². The van der Waals surface area contributed by atoms with E-state index in [9.17, 15) is 19.3 Å². The van der Waals surface area contributed by atoms with Crippen LogP contribution in [0.2, 0.25) is 0 Å². The van der Waals surface area contributed by atoms with Crippen LogP contribution in [0.4, 0.5) is 20.6 Å². The van der Waals surface area contributed by atoms with Gasteiger partial charge in [-0.3, -0.25) is 10.1 Å². The number of hydrogen-bond donors (Lipinski definition) is 2. The lowest BCUT2D eigenvalue weighted by molar-refractivity contribution is -0.384. The number of carbonyl (C=O) groups is 1. The van der Waals surface area contributed by atoms with Crippen molar-refractivity contribution in [3.05, 3.63) is 88.2 Å². The van der Waals surface area contributed by atoms with Crippen LogP contribution >= 0.6 is 0 Å². The van der Waals surface area contributed by atoms with E-state index in [1.807, 2.05) is 0 Å². The number of nitrogens with one attached hydrogen (secondary N) is 2. The fourth-order valence-electron chi connectivity index (χ4n) is 2.63. The smallest absolute Gasteiger partial charge is 0.320 e. The molecule has 0 spiro atoms. The Hall–Kier alpha value is -3.75. The number of carbonyl (C=O) groups excluding carboxylic acids is 1. The number of urea groups is 1. The van der Waals surface area contributed by atoms with Crippen molar-refractivity contribution in [2.24, 2.45) is 7.05 Å². The van der Waals surface area contributed by atoms with Crippen molar-refractivity contribution in [1.29, 1.82) is 0 Å². The molecule has 2 N–H and O–H groups in total. The Kier molecular flexibility index (Phi) is 5.11. The van der Waals surface area contributed by atoms with Crippen LogP contribution in [-0.2, 0) is 7.05 Å². The molecule has 9 heteroatoms. The van der Waals surface area contributed by atoms with Gasteiger partial charge in [-0.05, 0) is 23.8 Å². The molecule has 138 valence electrons. The molecule has 0 unspecified atom stereocenters. The third kappa shape index (κ3) is 4.27. The molecule has 0 saturated carbocycles. The van der Waals surface area contributed by atoms with Gasteiger partial charge in [-0.2, -0.15) is 0 Å². The van der Waals surface area contributed by atoms with Gasteiger partial charge in [0.15, 0.2) is 0 Å². The summed E-state index contributed by atoms with van der Waals surface area (Å²) in [5.74, 6) is 0.0717. The Morgan fingerprint density at radius 1 is 1.26 bits per heavy atom. The second-order valence-corrected chi connectivity index (χ2v) is 5.79. The summed E-state index contributed by atoms with van der Waals surface area (Å²) in [5.41, 5.74) is 0.636. The van der Waals surface area contributed by atoms with Crippen molar-refractivity contribution in [1.82, 2.24) is 14.9 Å². The fraction of sp³-hybridized carbons (Fsp3) is 0.111. The minimum atomic E-state index is -0.709. The van der Waals surface area contributed by atoms with Crippen LogP contribution in [0.15, 0.2) is 60.9 Å². The van der Waals surface area contributed by atoms with E-state index in [0.29, 0.717) is 11.4 Å². The molecule has 1 heterocycles. The fourth-order valence-corrected chi connectivity index (χ4v) is 2.63. The van der Waals surface area contributed by atoms with Crippen LogP contribution in [0.5, 0.6) is 0 Å². The average Bonchev–Trinajstić information content (AvgIpc) is 3.05. The largest absolute Gasteiger partial charge is 0.336 e. The standard InChI is InChI=1S/C18H16FN5O3/c1-23-9-8-20-17(23)16(12-4-2-5-13(19)10-12)22-18(25)21-14-6-3-7-15(11-14)24(26)27/h2-11,16H,1H3,(H2,21,22,25)/t16-/m0/s1. The van der Waals surface area contributed by atoms with Gasteiger partial charge in [-0.25, -0.2) is 14.2 Å². The number of halogens is 1. The molecule has 3 rings (SSSR count). The first kappa shape index (κ1) is 18.1. The van der Waals surface area contributed by atoms with E-state index >= 15 is 0 Å². The Labute approximate surface area is 153 Å². The maximum Gasteiger partial charge on any atom is 0.320 e. The first-order valence-electron chi connectivity index (χ1n) is 7.98. The molecule has 0 bridgehead atoms. The quantitative estimate of drug-likeness (QED) is 0.532.